The van der Waals surface area contributed by atoms with Crippen molar-refractivity contribution in [3.8, 4) is 0 Å². The predicted molar refractivity (Wildman–Crippen MR) is 82.9 cm³/mol. The molecule has 8 heteroatoms. The first-order chi connectivity index (χ1) is 10.8. The van der Waals surface area contributed by atoms with E-state index < -0.39 is 21.6 Å². The lowest BCUT2D eigenvalue weighted by Crippen LogP contribution is -2.44. The minimum atomic E-state index is -3.07. The summed E-state index contributed by atoms with van der Waals surface area (Å²) < 4.78 is 36.3. The molecule has 0 saturated carbocycles. The topological polar surface area (TPSA) is 83.6 Å². The summed E-state index contributed by atoms with van der Waals surface area (Å²) in [6, 6.07) is 5.58. The molecular weight excluding hydrogens is 323 g/mol. The number of benzene rings is 1. The summed E-state index contributed by atoms with van der Waals surface area (Å²) in [7, 11) is -1.55. The highest BCUT2D eigenvalue weighted by Crippen LogP contribution is 2.16. The van der Waals surface area contributed by atoms with Gasteiger partial charge in [-0.15, -0.1) is 0 Å². The third-order valence-electron chi connectivity index (χ3n) is 3.90. The lowest BCUT2D eigenvalue weighted by atomic mass is 10.1. The molecule has 1 fully saturated rings. The summed E-state index contributed by atoms with van der Waals surface area (Å²) in [6.07, 6.45) is 0.259. The Morgan fingerprint density at radius 3 is 2.65 bits per heavy atom. The van der Waals surface area contributed by atoms with Crippen LogP contribution in [0.5, 0.6) is 0 Å². The number of nitrogens with zero attached hydrogens (tertiary/aromatic N) is 1. The Balaban J connectivity index is 1.82. The molecule has 0 aromatic heterocycles. The van der Waals surface area contributed by atoms with Gasteiger partial charge in [0.15, 0.2) is 9.84 Å². The largest absolute Gasteiger partial charge is 0.347 e. The molecular formula is C15H19FN2O4S. The highest BCUT2D eigenvalue weighted by Gasteiger charge is 2.32. The fraction of sp³-hybridized carbons (Fsp3) is 0.467. The number of sulfone groups is 1. The lowest BCUT2D eigenvalue weighted by Gasteiger charge is -2.23. The first-order valence-electron chi connectivity index (χ1n) is 7.24. The van der Waals surface area contributed by atoms with E-state index in [1.807, 2.05) is 0 Å². The fourth-order valence-corrected chi connectivity index (χ4v) is 4.23. The van der Waals surface area contributed by atoms with Gasteiger partial charge in [-0.1, -0.05) is 18.2 Å². The molecule has 23 heavy (non-hydrogen) atoms. The molecule has 0 bridgehead atoms. The van der Waals surface area contributed by atoms with Gasteiger partial charge in [-0.25, -0.2) is 12.8 Å². The first kappa shape index (κ1) is 17.4. The van der Waals surface area contributed by atoms with Gasteiger partial charge < -0.3 is 10.2 Å². The number of halogens is 1. The smallest absolute Gasteiger partial charge is 0.241 e. The maximum absolute atomic E-state index is 13.4. The van der Waals surface area contributed by atoms with Crippen LogP contribution in [-0.4, -0.2) is 56.3 Å². The molecule has 1 aliphatic heterocycles. The van der Waals surface area contributed by atoms with Crippen molar-refractivity contribution in [2.24, 2.45) is 0 Å². The van der Waals surface area contributed by atoms with Crippen LogP contribution in [0.3, 0.4) is 0 Å². The Morgan fingerprint density at radius 2 is 2.04 bits per heavy atom. The number of carbonyl (C=O) groups excluding carboxylic acids is 2. The van der Waals surface area contributed by atoms with Crippen molar-refractivity contribution in [3.63, 3.8) is 0 Å². The molecule has 1 saturated heterocycles. The van der Waals surface area contributed by atoms with Crippen LogP contribution in [0.25, 0.3) is 0 Å². The highest BCUT2D eigenvalue weighted by molar-refractivity contribution is 7.91. The quantitative estimate of drug-likeness (QED) is 0.824. The van der Waals surface area contributed by atoms with Gasteiger partial charge in [-0.3, -0.25) is 9.59 Å². The third-order valence-corrected chi connectivity index (χ3v) is 5.65. The summed E-state index contributed by atoms with van der Waals surface area (Å²) >= 11 is 0. The van der Waals surface area contributed by atoms with E-state index in [1.54, 1.807) is 6.07 Å². The summed E-state index contributed by atoms with van der Waals surface area (Å²) in [5, 5.41) is 2.44. The second-order valence-electron chi connectivity index (χ2n) is 5.61. The molecule has 1 unspecified atom stereocenters. The molecule has 6 nitrogen and oxygen atoms in total. The maximum Gasteiger partial charge on any atom is 0.241 e. The van der Waals surface area contributed by atoms with Crippen molar-refractivity contribution < 1.29 is 22.4 Å². The van der Waals surface area contributed by atoms with Crippen LogP contribution >= 0.6 is 0 Å². The van der Waals surface area contributed by atoms with Crippen LogP contribution in [0, 0.1) is 5.82 Å². The Bertz CT molecular complexity index is 705. The summed E-state index contributed by atoms with van der Waals surface area (Å²) in [5.41, 5.74) is 0.257. The number of hydrogen-bond acceptors (Lipinski definition) is 4. The molecule has 2 amide bonds. The zero-order chi connectivity index (χ0) is 17.0. The second-order valence-corrected chi connectivity index (χ2v) is 7.84. The molecule has 1 aromatic carbocycles. The van der Waals surface area contributed by atoms with Gasteiger partial charge in [0.1, 0.15) is 5.82 Å². The van der Waals surface area contributed by atoms with Crippen molar-refractivity contribution in [1.29, 1.82) is 0 Å². The van der Waals surface area contributed by atoms with Crippen LogP contribution in [-0.2, 0) is 25.8 Å². The molecule has 1 aromatic rings. The fourth-order valence-electron chi connectivity index (χ4n) is 2.46. The molecule has 0 spiro atoms. The summed E-state index contributed by atoms with van der Waals surface area (Å²) in [6.45, 7) is -0.236. The van der Waals surface area contributed by atoms with Crippen LogP contribution in [0.2, 0.25) is 0 Å². The average molecular weight is 342 g/mol. The van der Waals surface area contributed by atoms with Gasteiger partial charge in [0, 0.05) is 13.1 Å². The normalized spacial score (nSPS) is 19.3. The zero-order valence-electron chi connectivity index (χ0n) is 12.8. The van der Waals surface area contributed by atoms with Gasteiger partial charge >= 0.3 is 0 Å². The Labute approximate surface area is 134 Å². The lowest BCUT2D eigenvalue weighted by molar-refractivity contribution is -0.133. The van der Waals surface area contributed by atoms with Crippen molar-refractivity contribution in [3.05, 3.63) is 35.6 Å². The zero-order valence-corrected chi connectivity index (χ0v) is 13.6. The van der Waals surface area contributed by atoms with E-state index in [2.05, 4.69) is 5.32 Å². The van der Waals surface area contributed by atoms with Crippen LogP contribution in [0.15, 0.2) is 24.3 Å². The Kier molecular flexibility index (Phi) is 5.35. The van der Waals surface area contributed by atoms with Crippen LogP contribution < -0.4 is 5.32 Å². The SMILES string of the molecule is CN(C(=O)CNC(=O)Cc1ccccc1F)C1CCS(=O)(=O)C1. The number of carbonyl (C=O) groups is 2. The van der Waals surface area contributed by atoms with E-state index in [1.165, 1.54) is 30.1 Å². The van der Waals surface area contributed by atoms with E-state index in [0.717, 1.165) is 0 Å². The van der Waals surface area contributed by atoms with Crippen molar-refractivity contribution in [2.45, 2.75) is 18.9 Å². The summed E-state index contributed by atoms with van der Waals surface area (Å²) in [4.78, 5) is 25.1. The van der Waals surface area contributed by atoms with Gasteiger partial charge in [-0.2, -0.15) is 0 Å². The number of rotatable bonds is 5. The van der Waals surface area contributed by atoms with E-state index in [0.29, 0.717) is 6.42 Å². The molecule has 1 aliphatic rings. The van der Waals surface area contributed by atoms with Gasteiger partial charge in [0.25, 0.3) is 0 Å². The third kappa shape index (κ3) is 4.75. The van der Waals surface area contributed by atoms with Crippen LogP contribution in [0.1, 0.15) is 12.0 Å². The predicted octanol–water partition coefficient (Wildman–Crippen LogP) is 0.130. The standard InChI is InChI=1S/C15H19FN2O4S/c1-18(12-6-7-23(21,22)10-12)15(20)9-17-14(19)8-11-4-2-3-5-13(11)16/h2-5,12H,6-10H2,1H3,(H,17,19). The van der Waals surface area contributed by atoms with E-state index in [4.69, 9.17) is 0 Å². The molecule has 0 aliphatic carbocycles. The van der Waals surface area contributed by atoms with E-state index in [-0.39, 0.29) is 42.0 Å². The monoisotopic (exact) mass is 342 g/mol. The Hall–Kier alpha value is -1.96. The number of hydrogen-bond donors (Lipinski definition) is 1. The van der Waals surface area contributed by atoms with Crippen molar-refractivity contribution in [2.75, 3.05) is 25.1 Å². The molecule has 126 valence electrons. The van der Waals surface area contributed by atoms with Gasteiger partial charge in [0.2, 0.25) is 11.8 Å². The first-order valence-corrected chi connectivity index (χ1v) is 9.07. The highest BCUT2D eigenvalue weighted by atomic mass is 32.2. The molecule has 2 rings (SSSR count). The van der Waals surface area contributed by atoms with Crippen molar-refractivity contribution in [1.82, 2.24) is 10.2 Å². The van der Waals surface area contributed by atoms with Crippen LogP contribution in [0.4, 0.5) is 4.39 Å². The van der Waals surface area contributed by atoms with Gasteiger partial charge in [0.05, 0.1) is 24.5 Å². The maximum atomic E-state index is 13.4. The van der Waals surface area contributed by atoms with E-state index >= 15 is 0 Å². The van der Waals surface area contributed by atoms with E-state index in [9.17, 15) is 22.4 Å². The molecule has 1 N–H and O–H groups in total. The Morgan fingerprint density at radius 1 is 1.35 bits per heavy atom. The number of nitrogens with one attached hydrogen (secondary N) is 1. The molecule has 0 radical (unpaired) electrons. The minimum absolute atomic E-state index is 0.0432. The number of likely N-dealkylation sites (N-methyl/N-ethyl adjacent to an activating group) is 1. The average Bonchev–Trinajstić information content (AvgIpc) is 2.86. The van der Waals surface area contributed by atoms with Gasteiger partial charge in [-0.05, 0) is 18.1 Å². The number of amides is 2. The molecule has 1 heterocycles. The molecule has 1 atom stereocenters. The summed E-state index contributed by atoms with van der Waals surface area (Å²) in [5.74, 6) is -1.26. The van der Waals surface area contributed by atoms with Crippen molar-refractivity contribution >= 4 is 21.7 Å². The second kappa shape index (κ2) is 7.08. The minimum Gasteiger partial charge on any atom is -0.347 e.